The molecular formula is C19H17ClN2O4S2. The van der Waals surface area contributed by atoms with Gasteiger partial charge < -0.3 is 20.9 Å². The van der Waals surface area contributed by atoms with Gasteiger partial charge in [-0.15, -0.1) is 0 Å². The lowest BCUT2D eigenvalue weighted by Crippen LogP contribution is -2.32. The summed E-state index contributed by atoms with van der Waals surface area (Å²) in [4.78, 5) is 22.6. The molecule has 0 aromatic heterocycles. The van der Waals surface area contributed by atoms with Crippen LogP contribution < -0.4 is 15.8 Å². The number of thioether (sulfide) groups is 1. The molecule has 2 atom stereocenters. The van der Waals surface area contributed by atoms with E-state index in [0.29, 0.717) is 27.3 Å². The Kier molecular flexibility index (Phi) is 6.56. The number of carbonyl (C=O) groups is 2. The first kappa shape index (κ1) is 20.6. The summed E-state index contributed by atoms with van der Waals surface area (Å²) in [6, 6.07) is 11.4. The molecule has 1 amide bonds. The molecule has 9 heteroatoms. The molecule has 0 saturated carbocycles. The monoisotopic (exact) mass is 436 g/mol. The fourth-order valence-corrected chi connectivity index (χ4v) is 4.21. The lowest BCUT2D eigenvalue weighted by molar-refractivity contribution is -0.138. The van der Waals surface area contributed by atoms with Crippen molar-refractivity contribution in [3.05, 3.63) is 58.6 Å². The van der Waals surface area contributed by atoms with Crippen LogP contribution in [0.15, 0.2) is 42.5 Å². The first-order chi connectivity index (χ1) is 13.3. The van der Waals surface area contributed by atoms with E-state index >= 15 is 0 Å². The van der Waals surface area contributed by atoms with Crippen LogP contribution in [-0.4, -0.2) is 32.6 Å². The predicted octanol–water partition coefficient (Wildman–Crippen LogP) is 3.15. The Morgan fingerprint density at radius 3 is 2.54 bits per heavy atom. The number of thiocarbonyl (C=S) groups is 1. The topological polar surface area (TPSA) is 102 Å². The van der Waals surface area contributed by atoms with Gasteiger partial charge in [0.2, 0.25) is 5.91 Å². The zero-order valence-corrected chi connectivity index (χ0v) is 16.9. The molecule has 1 aliphatic rings. The van der Waals surface area contributed by atoms with Gasteiger partial charge in [0.15, 0.2) is 0 Å². The number of nitrogens with one attached hydrogen (secondary N) is 1. The molecule has 0 aliphatic carbocycles. The van der Waals surface area contributed by atoms with Gasteiger partial charge in [0.05, 0.1) is 10.3 Å². The number of halogens is 1. The smallest absolute Gasteiger partial charge is 0.320 e. The second-order valence-corrected chi connectivity index (χ2v) is 8.53. The first-order valence-electron chi connectivity index (χ1n) is 8.37. The largest absolute Gasteiger partial charge is 0.480 e. The second-order valence-electron chi connectivity index (χ2n) is 6.25. The highest BCUT2D eigenvalue weighted by Crippen LogP contribution is 2.32. The summed E-state index contributed by atoms with van der Waals surface area (Å²) >= 11 is 12.7. The highest BCUT2D eigenvalue weighted by molar-refractivity contribution is 8.24. The standard InChI is InChI=1S/C19H17ClN2O4S2/c20-13-7-11(9-16-17(23)22-19(27)28-16)3-6-15(13)26-12-4-1-10(2-5-12)8-14(21)18(24)25/h1-7,14,16H,8-9,21H2,(H,24,25)(H,22,23,27)/t14-,16?/m0/s1. The van der Waals surface area contributed by atoms with Crippen molar-refractivity contribution in [2.24, 2.45) is 5.73 Å². The van der Waals surface area contributed by atoms with E-state index in [-0.39, 0.29) is 17.6 Å². The van der Waals surface area contributed by atoms with Crippen molar-refractivity contribution in [1.82, 2.24) is 5.32 Å². The number of carboxylic acids is 1. The number of carbonyl (C=O) groups excluding carboxylic acids is 1. The molecule has 1 saturated heterocycles. The van der Waals surface area contributed by atoms with Gasteiger partial charge in [-0.05, 0) is 48.2 Å². The first-order valence-corrected chi connectivity index (χ1v) is 10.0. The minimum absolute atomic E-state index is 0.0887. The van der Waals surface area contributed by atoms with Crippen LogP contribution in [-0.2, 0) is 22.4 Å². The molecule has 1 heterocycles. The van der Waals surface area contributed by atoms with E-state index in [1.165, 1.54) is 11.8 Å². The van der Waals surface area contributed by atoms with Gasteiger partial charge in [-0.2, -0.15) is 0 Å². The van der Waals surface area contributed by atoms with Crippen molar-refractivity contribution in [3.63, 3.8) is 0 Å². The Hall–Kier alpha value is -2.13. The lowest BCUT2D eigenvalue weighted by atomic mass is 10.1. The summed E-state index contributed by atoms with van der Waals surface area (Å²) in [7, 11) is 0. The summed E-state index contributed by atoms with van der Waals surface area (Å²) in [5, 5.41) is 11.7. The molecule has 4 N–H and O–H groups in total. The number of hydrogen-bond donors (Lipinski definition) is 3. The van der Waals surface area contributed by atoms with Crippen LogP contribution in [0.1, 0.15) is 11.1 Å². The van der Waals surface area contributed by atoms with E-state index in [0.717, 1.165) is 11.1 Å². The zero-order valence-electron chi connectivity index (χ0n) is 14.6. The van der Waals surface area contributed by atoms with Crippen molar-refractivity contribution in [1.29, 1.82) is 0 Å². The van der Waals surface area contributed by atoms with E-state index in [1.807, 2.05) is 6.07 Å². The molecule has 1 aliphatic heterocycles. The normalized spacial score (nSPS) is 17.3. The van der Waals surface area contributed by atoms with Gasteiger partial charge in [-0.25, -0.2) is 0 Å². The molecule has 0 radical (unpaired) electrons. The highest BCUT2D eigenvalue weighted by Gasteiger charge is 2.29. The number of benzene rings is 2. The Labute approximate surface area is 176 Å². The van der Waals surface area contributed by atoms with Gasteiger partial charge in [0, 0.05) is 0 Å². The summed E-state index contributed by atoms with van der Waals surface area (Å²) in [5.74, 6) is -0.0746. The third kappa shape index (κ3) is 5.23. The van der Waals surface area contributed by atoms with Gasteiger partial charge in [-0.3, -0.25) is 9.59 Å². The van der Waals surface area contributed by atoms with Gasteiger partial charge in [0.25, 0.3) is 0 Å². The molecule has 28 heavy (non-hydrogen) atoms. The number of ether oxygens (including phenoxy) is 1. The predicted molar refractivity (Wildman–Crippen MR) is 113 cm³/mol. The van der Waals surface area contributed by atoms with Crippen molar-refractivity contribution in [2.75, 3.05) is 0 Å². The third-order valence-corrected chi connectivity index (χ3v) is 5.78. The van der Waals surface area contributed by atoms with Crippen LogP contribution in [0.25, 0.3) is 0 Å². The Morgan fingerprint density at radius 1 is 1.29 bits per heavy atom. The third-order valence-electron chi connectivity index (χ3n) is 4.11. The zero-order chi connectivity index (χ0) is 20.3. The molecule has 1 fully saturated rings. The average molecular weight is 437 g/mol. The maximum Gasteiger partial charge on any atom is 0.320 e. The van der Waals surface area contributed by atoms with Crippen LogP contribution in [0.4, 0.5) is 0 Å². The van der Waals surface area contributed by atoms with E-state index in [4.69, 9.17) is 39.4 Å². The van der Waals surface area contributed by atoms with Crippen LogP contribution in [0.2, 0.25) is 5.02 Å². The van der Waals surface area contributed by atoms with Crippen molar-refractivity contribution in [3.8, 4) is 11.5 Å². The maximum absolute atomic E-state index is 11.8. The van der Waals surface area contributed by atoms with Crippen LogP contribution >= 0.6 is 35.6 Å². The van der Waals surface area contributed by atoms with E-state index < -0.39 is 12.0 Å². The molecule has 146 valence electrons. The number of aliphatic carboxylic acids is 1. The Bertz CT molecular complexity index is 921. The van der Waals surface area contributed by atoms with Gasteiger partial charge in [0.1, 0.15) is 21.9 Å². The minimum Gasteiger partial charge on any atom is -0.480 e. The maximum atomic E-state index is 11.8. The average Bonchev–Trinajstić information content (AvgIpc) is 2.96. The molecule has 2 aromatic rings. The second kappa shape index (κ2) is 8.91. The van der Waals surface area contributed by atoms with E-state index in [2.05, 4.69) is 5.32 Å². The van der Waals surface area contributed by atoms with Gasteiger partial charge in [-0.1, -0.05) is 53.8 Å². The van der Waals surface area contributed by atoms with Crippen LogP contribution in [0, 0.1) is 0 Å². The van der Waals surface area contributed by atoms with Gasteiger partial charge >= 0.3 is 5.97 Å². The molecule has 0 bridgehead atoms. The quantitative estimate of drug-likeness (QED) is 0.573. The summed E-state index contributed by atoms with van der Waals surface area (Å²) < 4.78 is 6.29. The number of carboxylic acid groups (broad SMARTS) is 1. The van der Waals surface area contributed by atoms with Crippen molar-refractivity contribution < 1.29 is 19.4 Å². The number of nitrogens with two attached hydrogens (primary N) is 1. The molecule has 0 spiro atoms. The van der Waals surface area contributed by atoms with Crippen molar-refractivity contribution >= 4 is 51.8 Å². The Balaban J connectivity index is 1.64. The van der Waals surface area contributed by atoms with Crippen LogP contribution in [0.5, 0.6) is 11.5 Å². The minimum atomic E-state index is -1.04. The summed E-state index contributed by atoms with van der Waals surface area (Å²) in [6.07, 6.45) is 0.760. The summed E-state index contributed by atoms with van der Waals surface area (Å²) in [5.41, 5.74) is 7.25. The lowest BCUT2D eigenvalue weighted by Gasteiger charge is -2.11. The molecule has 2 aromatic carbocycles. The molecule has 1 unspecified atom stereocenters. The summed E-state index contributed by atoms with van der Waals surface area (Å²) in [6.45, 7) is 0. The molecule has 3 rings (SSSR count). The van der Waals surface area contributed by atoms with E-state index in [9.17, 15) is 9.59 Å². The number of rotatable bonds is 7. The number of amides is 1. The SMILES string of the molecule is N[C@@H](Cc1ccc(Oc2ccc(CC3SC(=S)NC3=O)cc2Cl)cc1)C(=O)O. The number of hydrogen-bond acceptors (Lipinski definition) is 6. The van der Waals surface area contributed by atoms with Crippen LogP contribution in [0.3, 0.4) is 0 Å². The Morgan fingerprint density at radius 2 is 1.96 bits per heavy atom. The fraction of sp³-hybridized carbons (Fsp3) is 0.211. The molecule has 6 nitrogen and oxygen atoms in total. The van der Waals surface area contributed by atoms with E-state index in [1.54, 1.807) is 36.4 Å². The van der Waals surface area contributed by atoms with Crippen molar-refractivity contribution in [2.45, 2.75) is 24.1 Å². The molecular weight excluding hydrogens is 420 g/mol. The fourth-order valence-electron chi connectivity index (χ4n) is 2.66. The highest BCUT2D eigenvalue weighted by atomic mass is 35.5.